The molecule has 3 N–H and O–H groups in total. The van der Waals surface area contributed by atoms with Gasteiger partial charge in [-0.05, 0) is 86.5 Å². The van der Waals surface area contributed by atoms with Gasteiger partial charge in [0.05, 0.1) is 17.1 Å². The molecule has 5 rings (SSSR count). The van der Waals surface area contributed by atoms with Crippen molar-refractivity contribution in [3.8, 4) is 0 Å². The molecule has 0 radical (unpaired) electrons. The van der Waals surface area contributed by atoms with Crippen LogP contribution >= 0.6 is 11.6 Å². The number of amides is 1. The number of nitrogens with one attached hydrogen (secondary N) is 1. The number of fused-ring (bicyclic) bond motifs is 5. The molecule has 1 amide bonds. The lowest BCUT2D eigenvalue weighted by atomic mass is 9.46. The van der Waals surface area contributed by atoms with E-state index in [0.29, 0.717) is 31.7 Å². The first kappa shape index (κ1) is 30.4. The van der Waals surface area contributed by atoms with Crippen molar-refractivity contribution in [3.63, 3.8) is 0 Å². The number of aliphatic hydroxyl groups excluding tert-OH is 2. The Bertz CT molecular complexity index is 1170. The molecule has 4 fully saturated rings. The fourth-order valence-corrected chi connectivity index (χ4v) is 9.95. The number of aliphatic hydroxyl groups is 2. The van der Waals surface area contributed by atoms with E-state index >= 15 is 0 Å². The number of hydrogen-bond donors (Lipinski definition) is 3. The van der Waals surface area contributed by atoms with Gasteiger partial charge in [0.2, 0.25) is 11.7 Å². The molecule has 0 aliphatic heterocycles. The number of halogens is 1. The van der Waals surface area contributed by atoms with Crippen LogP contribution in [-0.4, -0.2) is 52.6 Å². The van der Waals surface area contributed by atoms with Crippen molar-refractivity contribution in [2.24, 2.45) is 52.3 Å². The van der Waals surface area contributed by atoms with Gasteiger partial charge in [-0.25, -0.2) is 0 Å². The zero-order chi connectivity index (χ0) is 29.9. The van der Waals surface area contributed by atoms with E-state index in [9.17, 15) is 29.4 Å². The summed E-state index contributed by atoms with van der Waals surface area (Å²) in [6.45, 7) is 8.20. The largest absolute Gasteiger partial charge is 0.428 e. The first-order valence-electron chi connectivity index (χ1n) is 15.2. The Morgan fingerprint density at radius 2 is 1.85 bits per heavy atom. The second-order valence-electron chi connectivity index (χ2n) is 14.0. The number of rotatable bonds is 6. The summed E-state index contributed by atoms with van der Waals surface area (Å²) in [6.07, 6.45) is 6.39. The van der Waals surface area contributed by atoms with Crippen LogP contribution in [0.1, 0.15) is 79.1 Å². The molecule has 9 heteroatoms. The summed E-state index contributed by atoms with van der Waals surface area (Å²) in [5.74, 6) is -1.78. The Balaban J connectivity index is 1.27. The molecule has 9 atom stereocenters. The zero-order valence-electron chi connectivity index (χ0n) is 24.5. The molecule has 0 aromatic carbocycles. The minimum absolute atomic E-state index is 0.0437. The minimum Gasteiger partial charge on any atom is -0.428 e. The molecule has 5 aliphatic rings. The smallest absolute Gasteiger partial charge is 0.311 e. The van der Waals surface area contributed by atoms with Gasteiger partial charge >= 0.3 is 5.97 Å². The van der Waals surface area contributed by atoms with Crippen molar-refractivity contribution >= 4 is 35.0 Å². The van der Waals surface area contributed by atoms with E-state index in [1.807, 2.05) is 13.0 Å². The van der Waals surface area contributed by atoms with Crippen molar-refractivity contribution in [1.82, 2.24) is 5.32 Å². The van der Waals surface area contributed by atoms with Gasteiger partial charge < -0.3 is 20.3 Å². The average Bonchev–Trinajstić information content (AvgIpc) is 3.17. The summed E-state index contributed by atoms with van der Waals surface area (Å²) in [4.78, 5) is 50.1. The molecule has 41 heavy (non-hydrogen) atoms. The van der Waals surface area contributed by atoms with Crippen LogP contribution in [0.25, 0.3) is 0 Å². The van der Waals surface area contributed by atoms with Crippen LogP contribution in [0.2, 0.25) is 0 Å². The number of allylic oxidation sites excluding steroid dienone is 4. The van der Waals surface area contributed by atoms with Crippen molar-refractivity contribution < 1.29 is 34.1 Å². The highest BCUT2D eigenvalue weighted by Crippen LogP contribution is 2.67. The van der Waals surface area contributed by atoms with Crippen molar-refractivity contribution in [2.45, 2.75) is 91.5 Å². The fourth-order valence-electron chi connectivity index (χ4n) is 9.66. The summed E-state index contributed by atoms with van der Waals surface area (Å²) < 4.78 is 5.39. The van der Waals surface area contributed by atoms with Gasteiger partial charge in [0.15, 0.2) is 5.78 Å². The first-order valence-corrected chi connectivity index (χ1v) is 15.6. The lowest BCUT2D eigenvalue weighted by molar-refractivity contribution is -0.186. The summed E-state index contributed by atoms with van der Waals surface area (Å²) in [7, 11) is 0. The van der Waals surface area contributed by atoms with Gasteiger partial charge in [-0.3, -0.25) is 19.2 Å². The maximum absolute atomic E-state index is 13.7. The molecule has 0 bridgehead atoms. The number of esters is 1. The summed E-state index contributed by atoms with van der Waals surface area (Å²) in [6, 6.07) is 0. The summed E-state index contributed by atoms with van der Waals surface area (Å²) in [5.41, 5.74) is -0.0567. The quantitative estimate of drug-likeness (QED) is 0.314. The van der Waals surface area contributed by atoms with Crippen LogP contribution in [0.15, 0.2) is 22.8 Å². The van der Waals surface area contributed by atoms with Gasteiger partial charge in [0.1, 0.15) is 0 Å². The molecule has 0 heterocycles. The van der Waals surface area contributed by atoms with Crippen LogP contribution in [0.5, 0.6) is 0 Å². The third-order valence-corrected chi connectivity index (χ3v) is 11.8. The highest BCUT2D eigenvalue weighted by atomic mass is 35.5. The molecule has 2 unspecified atom stereocenters. The number of carbonyl (C=O) groups is 4. The van der Waals surface area contributed by atoms with E-state index in [2.05, 4.69) is 19.2 Å². The predicted molar refractivity (Wildman–Crippen MR) is 152 cm³/mol. The lowest BCUT2D eigenvalue weighted by Gasteiger charge is -2.58. The maximum atomic E-state index is 13.7. The Kier molecular flexibility index (Phi) is 8.34. The second-order valence-corrected chi connectivity index (χ2v) is 14.4. The number of Topliss-reactive ketones (excluding diaryl/α,β-unsaturated/α-hetero) is 1. The standard InChI is InChI=1S/C32H44ClNO7/c1-16-11-22-21-10-9-20-12-24(36)23(33)13-31(20,3)27(21)25(37)14-32(22,4)26(16)28(38)30(40)41-29(39)19-7-5-18(6-8-19)15-34-17(2)35/h12-13,16,18-19,21-22,25-27,30,37,40H,5-11,14-15H2,1-4H3,(H,34,35)/t16-,18?,19?,21-,22-,25?,26+,27+,30?,31-,32-/m0/s1. The number of ketones is 2. The van der Waals surface area contributed by atoms with E-state index in [0.717, 1.165) is 37.7 Å². The van der Waals surface area contributed by atoms with Crippen LogP contribution in [0.3, 0.4) is 0 Å². The zero-order valence-corrected chi connectivity index (χ0v) is 25.3. The third-order valence-electron chi connectivity index (χ3n) is 11.5. The topological polar surface area (TPSA) is 130 Å². The fraction of sp³-hybridized carbons (Fsp3) is 0.750. The van der Waals surface area contributed by atoms with Crippen molar-refractivity contribution in [3.05, 3.63) is 22.8 Å². The number of hydrogen-bond acceptors (Lipinski definition) is 7. The lowest BCUT2D eigenvalue weighted by Crippen LogP contribution is -2.57. The monoisotopic (exact) mass is 589 g/mol. The molecule has 5 aliphatic carbocycles. The maximum Gasteiger partial charge on any atom is 0.311 e. The third kappa shape index (κ3) is 5.33. The molecule has 0 spiro atoms. The minimum atomic E-state index is -1.83. The van der Waals surface area contributed by atoms with Crippen LogP contribution in [0, 0.1) is 52.3 Å². The van der Waals surface area contributed by atoms with Crippen molar-refractivity contribution in [1.29, 1.82) is 0 Å². The van der Waals surface area contributed by atoms with Gasteiger partial charge in [0, 0.05) is 30.7 Å². The Hall–Kier alpha value is -2.03. The van der Waals surface area contributed by atoms with Gasteiger partial charge in [-0.2, -0.15) is 0 Å². The highest BCUT2D eigenvalue weighted by Gasteiger charge is 2.65. The van der Waals surface area contributed by atoms with Crippen LogP contribution in [0.4, 0.5) is 0 Å². The summed E-state index contributed by atoms with van der Waals surface area (Å²) >= 11 is 6.30. The highest BCUT2D eigenvalue weighted by molar-refractivity contribution is 6.44. The van der Waals surface area contributed by atoms with E-state index < -0.39 is 40.9 Å². The normalized spacial score (nSPS) is 42.6. The molecule has 0 aromatic heterocycles. The average molecular weight is 590 g/mol. The SMILES string of the molecule is CC(=O)NCC1CCC(C(=O)OC(O)C(=O)[C@H]2[C@@H](C)C[C@H]3[C@@H]4CCC5=CC(=O)C(Cl)=C[C@]5(C)[C@H]4C(O)C[C@@]32C)CC1. The van der Waals surface area contributed by atoms with E-state index in [-0.39, 0.29) is 46.3 Å². The van der Waals surface area contributed by atoms with E-state index in [1.165, 1.54) is 6.92 Å². The molecular formula is C32H44ClNO7. The number of ether oxygens (including phenoxy) is 1. The Morgan fingerprint density at radius 1 is 1.17 bits per heavy atom. The predicted octanol–water partition coefficient (Wildman–Crippen LogP) is 4.07. The first-order chi connectivity index (χ1) is 19.3. The molecule has 0 aromatic rings. The van der Waals surface area contributed by atoms with Gasteiger partial charge in [0.25, 0.3) is 6.29 Å². The van der Waals surface area contributed by atoms with E-state index in [1.54, 1.807) is 6.08 Å². The molecule has 8 nitrogen and oxygen atoms in total. The molecule has 4 saturated carbocycles. The summed E-state index contributed by atoms with van der Waals surface area (Å²) in [5, 5.41) is 25.5. The molecule has 0 saturated heterocycles. The molecular weight excluding hydrogens is 546 g/mol. The second kappa shape index (κ2) is 11.2. The van der Waals surface area contributed by atoms with Crippen LogP contribution < -0.4 is 5.32 Å². The van der Waals surface area contributed by atoms with Gasteiger partial charge in [-0.1, -0.05) is 44.0 Å². The Labute approximate surface area is 247 Å². The molecule has 226 valence electrons. The van der Waals surface area contributed by atoms with Crippen LogP contribution in [-0.2, 0) is 23.9 Å². The van der Waals surface area contributed by atoms with Crippen molar-refractivity contribution in [2.75, 3.05) is 6.54 Å². The van der Waals surface area contributed by atoms with E-state index in [4.69, 9.17) is 16.3 Å². The van der Waals surface area contributed by atoms with Gasteiger partial charge in [-0.15, -0.1) is 0 Å². The Morgan fingerprint density at radius 3 is 2.51 bits per heavy atom. The number of carbonyl (C=O) groups excluding carboxylic acids is 4.